The minimum absolute atomic E-state index is 0.0746. The number of hydrogen-bond acceptors (Lipinski definition) is 4. The molecule has 7 nitrogen and oxygen atoms in total. The van der Waals surface area contributed by atoms with E-state index < -0.39 is 17.7 Å². The zero-order valence-corrected chi connectivity index (χ0v) is 12.9. The van der Waals surface area contributed by atoms with Gasteiger partial charge in [0.05, 0.1) is 5.92 Å². The Kier molecular flexibility index (Phi) is 5.28. The molecule has 0 aromatic heterocycles. The molecule has 7 N–H and O–H groups in total. The van der Waals surface area contributed by atoms with Gasteiger partial charge in [-0.2, -0.15) is 0 Å². The number of anilines is 1. The first-order chi connectivity index (χ1) is 11.4. The SMILES string of the molecule is NCC(C(=O)Nc1cc(C(N)=O)cc(C(N)=O)c1)c1ccccc1. The van der Waals surface area contributed by atoms with Crippen molar-refractivity contribution in [3.05, 3.63) is 65.2 Å². The molecule has 7 heteroatoms. The summed E-state index contributed by atoms with van der Waals surface area (Å²) in [6, 6.07) is 13.1. The van der Waals surface area contributed by atoms with E-state index >= 15 is 0 Å². The van der Waals surface area contributed by atoms with Gasteiger partial charge in [0, 0.05) is 23.4 Å². The molecule has 0 fully saturated rings. The van der Waals surface area contributed by atoms with E-state index in [4.69, 9.17) is 17.2 Å². The molecule has 2 rings (SSSR count). The van der Waals surface area contributed by atoms with E-state index in [1.54, 1.807) is 12.1 Å². The molecule has 3 amide bonds. The van der Waals surface area contributed by atoms with Crippen LogP contribution < -0.4 is 22.5 Å². The fourth-order valence-corrected chi connectivity index (χ4v) is 2.29. The fraction of sp³-hybridized carbons (Fsp3) is 0.118. The summed E-state index contributed by atoms with van der Waals surface area (Å²) in [5.74, 6) is -2.39. The third-order valence-corrected chi connectivity index (χ3v) is 3.52. The van der Waals surface area contributed by atoms with Gasteiger partial charge in [-0.15, -0.1) is 0 Å². The van der Waals surface area contributed by atoms with Gasteiger partial charge in [0.15, 0.2) is 0 Å². The lowest BCUT2D eigenvalue weighted by molar-refractivity contribution is -0.117. The molecule has 2 aromatic rings. The van der Waals surface area contributed by atoms with Crippen LogP contribution in [0.2, 0.25) is 0 Å². The molecule has 0 aliphatic heterocycles. The van der Waals surface area contributed by atoms with Crippen LogP contribution in [0.5, 0.6) is 0 Å². The molecule has 1 unspecified atom stereocenters. The Labute approximate surface area is 138 Å². The van der Waals surface area contributed by atoms with E-state index in [0.717, 1.165) is 5.56 Å². The van der Waals surface area contributed by atoms with Gasteiger partial charge in [-0.25, -0.2) is 0 Å². The zero-order valence-electron chi connectivity index (χ0n) is 12.9. The quantitative estimate of drug-likeness (QED) is 0.615. The third kappa shape index (κ3) is 3.96. The van der Waals surface area contributed by atoms with Gasteiger partial charge in [-0.05, 0) is 23.8 Å². The highest BCUT2D eigenvalue weighted by atomic mass is 16.2. The standard InChI is InChI=1S/C17H18N4O3/c18-9-14(10-4-2-1-3-5-10)17(24)21-13-7-11(15(19)22)6-12(8-13)16(20)23/h1-8,14H,9,18H2,(H2,19,22)(H2,20,23)(H,21,24). The van der Waals surface area contributed by atoms with Crippen LogP contribution in [0, 0.1) is 0 Å². The zero-order chi connectivity index (χ0) is 17.7. The first-order valence-electron chi connectivity index (χ1n) is 7.23. The maximum atomic E-state index is 12.5. The lowest BCUT2D eigenvalue weighted by atomic mass is 9.98. The predicted molar refractivity (Wildman–Crippen MR) is 90.3 cm³/mol. The van der Waals surface area contributed by atoms with Crippen molar-refractivity contribution in [3.8, 4) is 0 Å². The molecule has 0 aliphatic carbocycles. The van der Waals surface area contributed by atoms with Crippen molar-refractivity contribution < 1.29 is 14.4 Å². The molecule has 0 spiro atoms. The molecule has 1 atom stereocenters. The number of hydrogen-bond donors (Lipinski definition) is 4. The maximum Gasteiger partial charge on any atom is 0.248 e. The van der Waals surface area contributed by atoms with Gasteiger partial charge < -0.3 is 22.5 Å². The average Bonchev–Trinajstić information content (AvgIpc) is 2.56. The second-order valence-electron chi connectivity index (χ2n) is 5.22. The summed E-state index contributed by atoms with van der Waals surface area (Å²) >= 11 is 0. The Hall–Kier alpha value is -3.19. The summed E-state index contributed by atoms with van der Waals surface area (Å²) in [6.45, 7) is 0.105. The van der Waals surface area contributed by atoms with Gasteiger partial charge in [-0.3, -0.25) is 14.4 Å². The van der Waals surface area contributed by atoms with Crippen molar-refractivity contribution in [3.63, 3.8) is 0 Å². The summed E-state index contributed by atoms with van der Waals surface area (Å²) in [7, 11) is 0. The molecule has 2 aromatic carbocycles. The number of nitrogens with one attached hydrogen (secondary N) is 1. The second kappa shape index (κ2) is 7.38. The Bertz CT molecular complexity index is 742. The normalized spacial score (nSPS) is 11.5. The van der Waals surface area contributed by atoms with E-state index in [9.17, 15) is 14.4 Å². The van der Waals surface area contributed by atoms with Crippen LogP contribution in [-0.4, -0.2) is 24.3 Å². The molecule has 0 saturated carbocycles. The summed E-state index contributed by atoms with van der Waals surface area (Å²) in [6.07, 6.45) is 0. The molecule has 0 aliphatic rings. The van der Waals surface area contributed by atoms with E-state index in [1.807, 2.05) is 18.2 Å². The highest BCUT2D eigenvalue weighted by molar-refractivity contribution is 6.02. The van der Waals surface area contributed by atoms with E-state index in [1.165, 1.54) is 18.2 Å². The van der Waals surface area contributed by atoms with Crippen molar-refractivity contribution >= 4 is 23.4 Å². The Morgan fingerprint density at radius 3 is 1.92 bits per heavy atom. The number of carbonyl (C=O) groups is 3. The molecular weight excluding hydrogens is 308 g/mol. The van der Waals surface area contributed by atoms with Crippen molar-refractivity contribution in [2.75, 3.05) is 11.9 Å². The summed E-state index contributed by atoms with van der Waals surface area (Å²) in [4.78, 5) is 35.2. The predicted octanol–water partition coefficient (Wildman–Crippen LogP) is 0.565. The minimum atomic E-state index is -0.730. The number of benzene rings is 2. The number of rotatable bonds is 6. The molecule has 24 heavy (non-hydrogen) atoms. The van der Waals surface area contributed by atoms with Crippen LogP contribution in [0.3, 0.4) is 0 Å². The molecule has 124 valence electrons. The second-order valence-corrected chi connectivity index (χ2v) is 5.22. The number of amides is 3. The number of carbonyl (C=O) groups excluding carboxylic acids is 3. The molecule has 0 heterocycles. The van der Waals surface area contributed by atoms with E-state index in [-0.39, 0.29) is 29.3 Å². The average molecular weight is 326 g/mol. The largest absolute Gasteiger partial charge is 0.366 e. The van der Waals surface area contributed by atoms with Gasteiger partial charge in [0.25, 0.3) is 0 Å². The highest BCUT2D eigenvalue weighted by Gasteiger charge is 2.20. The Balaban J connectivity index is 2.30. The maximum absolute atomic E-state index is 12.5. The topological polar surface area (TPSA) is 141 Å². The number of primary amides is 2. The van der Waals surface area contributed by atoms with Gasteiger partial charge in [0.2, 0.25) is 17.7 Å². The van der Waals surface area contributed by atoms with Crippen LogP contribution >= 0.6 is 0 Å². The van der Waals surface area contributed by atoms with Gasteiger partial charge >= 0.3 is 0 Å². The van der Waals surface area contributed by atoms with E-state index in [2.05, 4.69) is 5.32 Å². The lowest BCUT2D eigenvalue weighted by Crippen LogP contribution is -2.27. The molecular formula is C17H18N4O3. The Morgan fingerprint density at radius 1 is 0.917 bits per heavy atom. The van der Waals surface area contributed by atoms with Crippen LogP contribution in [0.4, 0.5) is 5.69 Å². The van der Waals surface area contributed by atoms with Crippen molar-refractivity contribution in [1.29, 1.82) is 0 Å². The highest BCUT2D eigenvalue weighted by Crippen LogP contribution is 2.19. The van der Waals surface area contributed by atoms with Gasteiger partial charge in [0.1, 0.15) is 0 Å². The first kappa shape index (κ1) is 17.2. The number of nitrogens with two attached hydrogens (primary N) is 3. The summed E-state index contributed by atoms with van der Waals surface area (Å²) in [5.41, 5.74) is 17.3. The minimum Gasteiger partial charge on any atom is -0.366 e. The van der Waals surface area contributed by atoms with Crippen molar-refractivity contribution in [1.82, 2.24) is 0 Å². The summed E-state index contributed by atoms with van der Waals surface area (Å²) in [5, 5.41) is 2.65. The van der Waals surface area contributed by atoms with E-state index in [0.29, 0.717) is 0 Å². The monoisotopic (exact) mass is 326 g/mol. The fourth-order valence-electron chi connectivity index (χ4n) is 2.29. The molecule has 0 bridgehead atoms. The van der Waals surface area contributed by atoms with Crippen molar-refractivity contribution in [2.45, 2.75) is 5.92 Å². The van der Waals surface area contributed by atoms with Gasteiger partial charge in [-0.1, -0.05) is 30.3 Å². The molecule has 0 radical (unpaired) electrons. The Morgan fingerprint density at radius 2 is 1.46 bits per heavy atom. The van der Waals surface area contributed by atoms with Crippen LogP contribution in [0.25, 0.3) is 0 Å². The first-order valence-corrected chi connectivity index (χ1v) is 7.23. The van der Waals surface area contributed by atoms with Crippen LogP contribution in [0.1, 0.15) is 32.2 Å². The smallest absolute Gasteiger partial charge is 0.248 e. The summed E-state index contributed by atoms with van der Waals surface area (Å²) < 4.78 is 0. The van der Waals surface area contributed by atoms with Crippen LogP contribution in [0.15, 0.2) is 48.5 Å². The van der Waals surface area contributed by atoms with Crippen molar-refractivity contribution in [2.24, 2.45) is 17.2 Å². The van der Waals surface area contributed by atoms with Crippen LogP contribution in [-0.2, 0) is 4.79 Å². The molecule has 0 saturated heterocycles. The lowest BCUT2D eigenvalue weighted by Gasteiger charge is -2.16. The third-order valence-electron chi connectivity index (χ3n) is 3.52.